The molecule has 1 aliphatic heterocycles. The lowest BCUT2D eigenvalue weighted by Crippen LogP contribution is -2.28. The lowest BCUT2D eigenvalue weighted by atomic mass is 9.88. The summed E-state index contributed by atoms with van der Waals surface area (Å²) in [6.07, 6.45) is 1.21. The third-order valence-electron chi connectivity index (χ3n) is 4.01. The molecule has 0 fully saturated rings. The molecule has 0 radical (unpaired) electrons. The number of aromatic nitrogens is 1. The van der Waals surface area contributed by atoms with Gasteiger partial charge >= 0.3 is 0 Å². The number of Topliss-reactive ketones (excluding diaryl/α,β-unsaturated/α-hetero) is 1. The Morgan fingerprint density at radius 1 is 1.43 bits per heavy atom. The molecule has 2 N–H and O–H groups in total. The maximum absolute atomic E-state index is 12.3. The van der Waals surface area contributed by atoms with Gasteiger partial charge in [0, 0.05) is 18.2 Å². The van der Waals surface area contributed by atoms with E-state index in [0.717, 1.165) is 23.3 Å². The molecule has 3 rings (SSSR count). The second-order valence-corrected chi connectivity index (χ2v) is 7.07. The summed E-state index contributed by atoms with van der Waals surface area (Å²) in [5.41, 5.74) is 8.29. The van der Waals surface area contributed by atoms with Gasteiger partial charge in [0.05, 0.1) is 11.2 Å². The minimum Gasteiger partial charge on any atom is -0.379 e. The number of rotatable bonds is 4. The molecule has 2 aromatic rings. The van der Waals surface area contributed by atoms with Crippen molar-refractivity contribution in [3.63, 3.8) is 0 Å². The largest absolute Gasteiger partial charge is 0.379 e. The highest BCUT2D eigenvalue weighted by molar-refractivity contribution is 8.13. The summed E-state index contributed by atoms with van der Waals surface area (Å²) in [5, 5.41) is 4.38. The van der Waals surface area contributed by atoms with E-state index in [1.165, 1.54) is 0 Å². The quantitative estimate of drug-likeness (QED) is 0.872. The van der Waals surface area contributed by atoms with Crippen LogP contribution in [0.1, 0.15) is 40.7 Å². The SMILES string of the molecule is Cc1cc(C(=O)Cc2cccc([C@]3(C)CCSC(N)=N3)c2)on1. The molecule has 6 heteroatoms. The highest BCUT2D eigenvalue weighted by atomic mass is 32.2. The summed E-state index contributed by atoms with van der Waals surface area (Å²) in [6, 6.07) is 9.64. The van der Waals surface area contributed by atoms with Crippen molar-refractivity contribution in [2.24, 2.45) is 10.7 Å². The van der Waals surface area contributed by atoms with Crippen LogP contribution >= 0.6 is 11.8 Å². The number of carbonyl (C=O) groups excluding carboxylic acids is 1. The molecule has 1 atom stereocenters. The third kappa shape index (κ3) is 3.47. The van der Waals surface area contributed by atoms with Crippen molar-refractivity contribution < 1.29 is 9.32 Å². The van der Waals surface area contributed by atoms with Gasteiger partial charge < -0.3 is 10.3 Å². The fraction of sp³-hybridized carbons (Fsp3) is 0.353. The second kappa shape index (κ2) is 6.20. The lowest BCUT2D eigenvalue weighted by Gasteiger charge is -2.30. The number of amidine groups is 1. The molecular formula is C17H19N3O2S. The van der Waals surface area contributed by atoms with E-state index in [1.807, 2.05) is 24.3 Å². The van der Waals surface area contributed by atoms with Gasteiger partial charge in [0.15, 0.2) is 5.17 Å². The van der Waals surface area contributed by atoms with Crippen LogP contribution in [0.2, 0.25) is 0 Å². The Morgan fingerprint density at radius 2 is 2.26 bits per heavy atom. The number of nitrogens with two attached hydrogens (primary N) is 1. The monoisotopic (exact) mass is 329 g/mol. The molecular weight excluding hydrogens is 310 g/mol. The van der Waals surface area contributed by atoms with Gasteiger partial charge in [-0.15, -0.1) is 0 Å². The van der Waals surface area contributed by atoms with Crippen LogP contribution in [0, 0.1) is 6.92 Å². The number of hydrogen-bond acceptors (Lipinski definition) is 6. The number of aryl methyl sites for hydroxylation is 1. The highest BCUT2D eigenvalue weighted by Gasteiger charge is 2.29. The summed E-state index contributed by atoms with van der Waals surface area (Å²) >= 11 is 1.58. The van der Waals surface area contributed by atoms with Crippen molar-refractivity contribution in [1.82, 2.24) is 5.16 Å². The first kappa shape index (κ1) is 15.8. The molecule has 1 aromatic carbocycles. The molecule has 0 saturated carbocycles. The number of aliphatic imine (C=N–C) groups is 1. The zero-order valence-electron chi connectivity index (χ0n) is 13.2. The number of benzene rings is 1. The van der Waals surface area contributed by atoms with Gasteiger partial charge in [0.2, 0.25) is 11.5 Å². The third-order valence-corrected chi connectivity index (χ3v) is 4.81. The summed E-state index contributed by atoms with van der Waals surface area (Å²) in [7, 11) is 0. The van der Waals surface area contributed by atoms with Crippen molar-refractivity contribution in [3.05, 3.63) is 52.9 Å². The van der Waals surface area contributed by atoms with Gasteiger partial charge in [0.1, 0.15) is 0 Å². The van der Waals surface area contributed by atoms with E-state index < -0.39 is 0 Å². The van der Waals surface area contributed by atoms with Crippen LogP contribution in [0.15, 0.2) is 39.8 Å². The smallest absolute Gasteiger partial charge is 0.205 e. The maximum Gasteiger partial charge on any atom is 0.205 e. The predicted octanol–water partition coefficient (Wildman–Crippen LogP) is 3.08. The Kier molecular flexibility index (Phi) is 4.26. The Hall–Kier alpha value is -2.08. The first-order valence-electron chi connectivity index (χ1n) is 7.50. The second-order valence-electron chi connectivity index (χ2n) is 5.96. The molecule has 5 nitrogen and oxygen atoms in total. The van der Waals surface area contributed by atoms with Crippen molar-refractivity contribution in [3.8, 4) is 0 Å². The first-order valence-corrected chi connectivity index (χ1v) is 8.49. The van der Waals surface area contributed by atoms with E-state index in [0.29, 0.717) is 16.6 Å². The van der Waals surface area contributed by atoms with E-state index in [2.05, 4.69) is 17.1 Å². The summed E-state index contributed by atoms with van der Waals surface area (Å²) in [6.45, 7) is 3.88. The highest BCUT2D eigenvalue weighted by Crippen LogP contribution is 2.35. The van der Waals surface area contributed by atoms with Gasteiger partial charge in [-0.3, -0.25) is 9.79 Å². The Labute approximate surface area is 139 Å². The fourth-order valence-electron chi connectivity index (χ4n) is 2.68. The van der Waals surface area contributed by atoms with Crippen molar-refractivity contribution in [2.45, 2.75) is 32.2 Å². The Balaban J connectivity index is 1.83. The van der Waals surface area contributed by atoms with Crippen molar-refractivity contribution >= 4 is 22.7 Å². The molecule has 1 aliphatic rings. The molecule has 120 valence electrons. The number of carbonyl (C=O) groups is 1. The van der Waals surface area contributed by atoms with Gasteiger partial charge in [0.25, 0.3) is 0 Å². The molecule has 1 aromatic heterocycles. The molecule has 0 aliphatic carbocycles. The zero-order valence-corrected chi connectivity index (χ0v) is 14.0. The fourth-order valence-corrected chi connectivity index (χ4v) is 3.65. The van der Waals surface area contributed by atoms with Gasteiger partial charge in [-0.25, -0.2) is 0 Å². The van der Waals surface area contributed by atoms with E-state index in [9.17, 15) is 4.79 Å². The normalized spacial score (nSPS) is 21.0. The van der Waals surface area contributed by atoms with Gasteiger partial charge in [-0.1, -0.05) is 41.2 Å². The average molecular weight is 329 g/mol. The van der Waals surface area contributed by atoms with Crippen LogP contribution in [-0.4, -0.2) is 21.9 Å². The standard InChI is InChI=1S/C17H19N3O2S/c1-11-8-15(22-20-11)14(21)10-12-4-3-5-13(9-12)17(2)6-7-23-16(18)19-17/h3-5,8-9H,6-7,10H2,1-2H3,(H2,18,19)/t17-/m0/s1. The van der Waals surface area contributed by atoms with E-state index >= 15 is 0 Å². The van der Waals surface area contributed by atoms with E-state index in [4.69, 9.17) is 10.3 Å². The molecule has 0 spiro atoms. The van der Waals surface area contributed by atoms with Crippen molar-refractivity contribution in [1.29, 1.82) is 0 Å². The number of thioether (sulfide) groups is 1. The number of ketones is 1. The van der Waals surface area contributed by atoms with Gasteiger partial charge in [-0.05, 0) is 31.4 Å². The molecule has 2 heterocycles. The van der Waals surface area contributed by atoms with Crippen LogP contribution in [0.25, 0.3) is 0 Å². The summed E-state index contributed by atoms with van der Waals surface area (Å²) in [4.78, 5) is 16.9. The Bertz CT molecular complexity index is 769. The molecule has 0 unspecified atom stereocenters. The number of nitrogens with zero attached hydrogens (tertiary/aromatic N) is 2. The van der Waals surface area contributed by atoms with Crippen LogP contribution in [0.5, 0.6) is 0 Å². The number of hydrogen-bond donors (Lipinski definition) is 1. The molecule has 0 amide bonds. The maximum atomic E-state index is 12.3. The summed E-state index contributed by atoms with van der Waals surface area (Å²) in [5.74, 6) is 1.18. The van der Waals surface area contributed by atoms with E-state index in [-0.39, 0.29) is 17.7 Å². The predicted molar refractivity (Wildman–Crippen MR) is 91.8 cm³/mol. The van der Waals surface area contributed by atoms with Crippen LogP contribution in [-0.2, 0) is 12.0 Å². The van der Waals surface area contributed by atoms with E-state index in [1.54, 1.807) is 24.8 Å². The first-order chi connectivity index (χ1) is 11.0. The Morgan fingerprint density at radius 3 is 2.96 bits per heavy atom. The minimum absolute atomic E-state index is 0.0740. The van der Waals surface area contributed by atoms with Crippen LogP contribution in [0.4, 0.5) is 0 Å². The zero-order chi connectivity index (χ0) is 16.4. The van der Waals surface area contributed by atoms with Crippen molar-refractivity contribution in [2.75, 3.05) is 5.75 Å². The lowest BCUT2D eigenvalue weighted by molar-refractivity contribution is 0.0957. The minimum atomic E-state index is -0.322. The van der Waals surface area contributed by atoms with Crippen LogP contribution < -0.4 is 5.73 Å². The summed E-state index contributed by atoms with van der Waals surface area (Å²) < 4.78 is 5.04. The topological polar surface area (TPSA) is 81.5 Å². The average Bonchev–Trinajstić information content (AvgIpc) is 2.94. The molecule has 23 heavy (non-hydrogen) atoms. The van der Waals surface area contributed by atoms with Gasteiger partial charge in [-0.2, -0.15) is 0 Å². The molecule has 0 bridgehead atoms. The molecule has 0 saturated heterocycles. The van der Waals surface area contributed by atoms with Crippen LogP contribution in [0.3, 0.4) is 0 Å².